The molecule has 1 aromatic carbocycles. The van der Waals surface area contributed by atoms with Crippen molar-refractivity contribution in [2.75, 3.05) is 33.3 Å². The number of amides is 2. The molecule has 2 fully saturated rings. The monoisotopic (exact) mass is 383 g/mol. The molecule has 148 valence electrons. The molecule has 4 rings (SSSR count). The van der Waals surface area contributed by atoms with Gasteiger partial charge in [0, 0.05) is 37.8 Å². The molecular formula is C21H25N3O4. The zero-order valence-electron chi connectivity index (χ0n) is 16.1. The second-order valence-electron chi connectivity index (χ2n) is 7.43. The third kappa shape index (κ3) is 3.74. The lowest BCUT2D eigenvalue weighted by Crippen LogP contribution is -2.46. The lowest BCUT2D eigenvalue weighted by atomic mass is 9.96. The Morgan fingerprint density at radius 1 is 1.07 bits per heavy atom. The smallest absolute Gasteiger partial charge is 0.276 e. The minimum Gasteiger partial charge on any atom is -0.497 e. The summed E-state index contributed by atoms with van der Waals surface area (Å²) in [6.45, 7) is 2.79. The lowest BCUT2D eigenvalue weighted by Gasteiger charge is -2.33. The number of methoxy groups -OCH3 is 1. The Morgan fingerprint density at radius 2 is 1.79 bits per heavy atom. The minimum absolute atomic E-state index is 0.108. The highest BCUT2D eigenvalue weighted by Crippen LogP contribution is 2.26. The summed E-state index contributed by atoms with van der Waals surface area (Å²) < 4.78 is 10.5. The zero-order chi connectivity index (χ0) is 19.5. The molecule has 28 heavy (non-hydrogen) atoms. The van der Waals surface area contributed by atoms with Crippen LogP contribution in [0.1, 0.15) is 36.2 Å². The summed E-state index contributed by atoms with van der Waals surface area (Å²) >= 11 is 0. The number of carbonyl (C=O) groups excluding carboxylic acids is 2. The van der Waals surface area contributed by atoms with Gasteiger partial charge in [-0.05, 0) is 49.9 Å². The van der Waals surface area contributed by atoms with E-state index < -0.39 is 0 Å². The first-order valence-corrected chi connectivity index (χ1v) is 9.85. The molecule has 0 bridgehead atoms. The van der Waals surface area contributed by atoms with E-state index in [1.165, 1.54) is 0 Å². The quantitative estimate of drug-likeness (QED) is 0.811. The van der Waals surface area contributed by atoms with E-state index in [1.54, 1.807) is 18.1 Å². The number of rotatable bonds is 4. The van der Waals surface area contributed by atoms with Gasteiger partial charge in [0.2, 0.25) is 5.91 Å². The number of likely N-dealkylation sites (tertiary alicyclic amines) is 2. The Hall–Kier alpha value is -2.83. The van der Waals surface area contributed by atoms with Crippen LogP contribution in [-0.4, -0.2) is 60.1 Å². The molecule has 2 aliphatic rings. The minimum atomic E-state index is -0.178. The highest BCUT2D eigenvalue weighted by molar-refractivity contribution is 5.93. The van der Waals surface area contributed by atoms with Crippen molar-refractivity contribution in [3.05, 3.63) is 36.0 Å². The Kier molecular flexibility index (Phi) is 5.32. The third-order valence-corrected chi connectivity index (χ3v) is 5.58. The van der Waals surface area contributed by atoms with E-state index in [0.29, 0.717) is 18.8 Å². The van der Waals surface area contributed by atoms with Gasteiger partial charge in [0.15, 0.2) is 11.5 Å². The summed E-state index contributed by atoms with van der Waals surface area (Å²) in [7, 11) is 1.61. The summed E-state index contributed by atoms with van der Waals surface area (Å²) in [5, 5.41) is 3.96. The molecule has 3 heterocycles. The van der Waals surface area contributed by atoms with Crippen LogP contribution in [0.5, 0.6) is 5.75 Å². The predicted molar refractivity (Wildman–Crippen MR) is 103 cm³/mol. The Labute approximate surface area is 164 Å². The van der Waals surface area contributed by atoms with E-state index in [9.17, 15) is 9.59 Å². The first-order valence-electron chi connectivity index (χ1n) is 9.85. The Balaban J connectivity index is 1.43. The van der Waals surface area contributed by atoms with E-state index in [-0.39, 0.29) is 23.4 Å². The van der Waals surface area contributed by atoms with Crippen molar-refractivity contribution in [1.82, 2.24) is 15.0 Å². The van der Waals surface area contributed by atoms with E-state index >= 15 is 0 Å². The molecule has 0 unspecified atom stereocenters. The van der Waals surface area contributed by atoms with E-state index in [4.69, 9.17) is 9.26 Å². The fourth-order valence-corrected chi connectivity index (χ4v) is 3.99. The van der Waals surface area contributed by atoms with Crippen molar-refractivity contribution in [3.8, 4) is 17.1 Å². The summed E-state index contributed by atoms with van der Waals surface area (Å²) in [5.41, 5.74) is 1.10. The van der Waals surface area contributed by atoms with Gasteiger partial charge < -0.3 is 19.1 Å². The van der Waals surface area contributed by atoms with Gasteiger partial charge in [-0.15, -0.1) is 0 Å². The van der Waals surface area contributed by atoms with Gasteiger partial charge in [-0.25, -0.2) is 0 Å². The average molecular weight is 383 g/mol. The molecule has 0 spiro atoms. The average Bonchev–Trinajstić information content (AvgIpc) is 3.45. The highest BCUT2D eigenvalue weighted by Gasteiger charge is 2.33. The van der Waals surface area contributed by atoms with Crippen LogP contribution in [0.4, 0.5) is 0 Å². The zero-order valence-corrected chi connectivity index (χ0v) is 16.1. The first kappa shape index (κ1) is 18.5. The highest BCUT2D eigenvalue weighted by atomic mass is 16.5. The van der Waals surface area contributed by atoms with E-state index in [0.717, 1.165) is 50.1 Å². The number of benzene rings is 1. The number of hydrogen-bond donors (Lipinski definition) is 0. The molecule has 7 nitrogen and oxygen atoms in total. The van der Waals surface area contributed by atoms with Crippen LogP contribution in [0.25, 0.3) is 11.3 Å². The second-order valence-corrected chi connectivity index (χ2v) is 7.43. The van der Waals surface area contributed by atoms with Crippen molar-refractivity contribution in [1.29, 1.82) is 0 Å². The number of nitrogens with zero attached hydrogens (tertiary/aromatic N) is 3. The molecule has 2 aromatic rings. The van der Waals surface area contributed by atoms with Crippen LogP contribution in [0, 0.1) is 5.92 Å². The third-order valence-electron chi connectivity index (χ3n) is 5.58. The largest absolute Gasteiger partial charge is 0.497 e. The number of hydrogen-bond acceptors (Lipinski definition) is 5. The Morgan fingerprint density at radius 3 is 2.50 bits per heavy atom. The van der Waals surface area contributed by atoms with Gasteiger partial charge >= 0.3 is 0 Å². The van der Waals surface area contributed by atoms with Crippen molar-refractivity contribution in [3.63, 3.8) is 0 Å². The van der Waals surface area contributed by atoms with Gasteiger partial charge in [0.05, 0.1) is 13.0 Å². The number of piperidine rings is 1. The van der Waals surface area contributed by atoms with Crippen molar-refractivity contribution in [2.45, 2.75) is 25.7 Å². The topological polar surface area (TPSA) is 75.9 Å². The molecule has 0 saturated carbocycles. The maximum Gasteiger partial charge on any atom is 0.276 e. The molecule has 2 amide bonds. The van der Waals surface area contributed by atoms with Crippen LogP contribution >= 0.6 is 0 Å². The van der Waals surface area contributed by atoms with Gasteiger partial charge in [-0.3, -0.25) is 9.59 Å². The van der Waals surface area contributed by atoms with Crippen LogP contribution < -0.4 is 4.74 Å². The lowest BCUT2D eigenvalue weighted by molar-refractivity contribution is -0.135. The molecule has 1 aromatic heterocycles. The fourth-order valence-electron chi connectivity index (χ4n) is 3.99. The predicted octanol–water partition coefficient (Wildman–Crippen LogP) is 2.82. The molecular weight excluding hydrogens is 358 g/mol. The molecule has 0 N–H and O–H groups in total. The van der Waals surface area contributed by atoms with E-state index in [1.807, 2.05) is 29.2 Å². The molecule has 1 atom stereocenters. The summed E-state index contributed by atoms with van der Waals surface area (Å²) in [6.07, 6.45) is 3.83. The van der Waals surface area contributed by atoms with Gasteiger partial charge in [0.1, 0.15) is 5.75 Å². The fraction of sp³-hybridized carbons (Fsp3) is 0.476. The standard InChI is InChI=1S/C21H25N3O4/c1-27-17-8-6-15(7-9-17)19-13-18(22-28-19)21(26)24-12-4-5-16(14-24)20(25)23-10-2-3-11-23/h6-9,13,16H,2-5,10-12,14H2,1H3/t16-/m1/s1. The van der Waals surface area contributed by atoms with Gasteiger partial charge in [0.25, 0.3) is 5.91 Å². The van der Waals surface area contributed by atoms with Crippen LogP contribution in [0.15, 0.2) is 34.9 Å². The van der Waals surface area contributed by atoms with Crippen LogP contribution in [-0.2, 0) is 4.79 Å². The van der Waals surface area contributed by atoms with Crippen molar-refractivity contribution < 1.29 is 18.8 Å². The van der Waals surface area contributed by atoms with Crippen molar-refractivity contribution in [2.24, 2.45) is 5.92 Å². The molecule has 2 saturated heterocycles. The molecule has 0 aliphatic carbocycles. The summed E-state index contributed by atoms with van der Waals surface area (Å²) in [6, 6.07) is 9.05. The first-order chi connectivity index (χ1) is 13.7. The molecule has 0 radical (unpaired) electrons. The van der Waals surface area contributed by atoms with Crippen molar-refractivity contribution >= 4 is 11.8 Å². The SMILES string of the molecule is COc1ccc(-c2cc(C(=O)N3CCC[C@@H](C(=O)N4CCCC4)C3)no2)cc1. The number of carbonyl (C=O) groups is 2. The molecule has 2 aliphatic heterocycles. The summed E-state index contributed by atoms with van der Waals surface area (Å²) in [5.74, 6) is 1.19. The Bertz CT molecular complexity index is 840. The van der Waals surface area contributed by atoms with E-state index in [2.05, 4.69) is 5.16 Å². The number of aromatic nitrogens is 1. The normalized spacial score (nSPS) is 19.7. The number of ether oxygens (including phenoxy) is 1. The maximum atomic E-state index is 12.9. The van der Waals surface area contributed by atoms with Crippen LogP contribution in [0.3, 0.4) is 0 Å². The van der Waals surface area contributed by atoms with Gasteiger partial charge in [-0.1, -0.05) is 5.16 Å². The second kappa shape index (κ2) is 8.04. The summed E-state index contributed by atoms with van der Waals surface area (Å²) in [4.78, 5) is 29.3. The maximum absolute atomic E-state index is 12.9. The van der Waals surface area contributed by atoms with Gasteiger partial charge in [-0.2, -0.15) is 0 Å². The molecule has 7 heteroatoms. The van der Waals surface area contributed by atoms with Crippen LogP contribution in [0.2, 0.25) is 0 Å².